The van der Waals surface area contributed by atoms with Gasteiger partial charge in [0.1, 0.15) is 19.3 Å². The number of rotatable bonds is 37. The van der Waals surface area contributed by atoms with E-state index in [4.69, 9.17) is 18.5 Å². The van der Waals surface area contributed by atoms with E-state index in [0.717, 1.165) is 32.1 Å². The molecule has 2 unspecified atom stereocenters. The summed E-state index contributed by atoms with van der Waals surface area (Å²) in [5, 5.41) is 0. The Bertz CT molecular complexity index is 731. The van der Waals surface area contributed by atoms with Crippen molar-refractivity contribution in [2.75, 3.05) is 54.1 Å². The first kappa shape index (κ1) is 46.5. The third kappa shape index (κ3) is 36.6. The number of carbonyl (C=O) groups excluding carboxylic acids is 1. The number of nitrogens with zero attached hydrogens (tertiary/aromatic N) is 1. The first-order valence-corrected chi connectivity index (χ1v) is 21.2. The van der Waals surface area contributed by atoms with Gasteiger partial charge in [-0.3, -0.25) is 9.36 Å². The van der Waals surface area contributed by atoms with Crippen molar-refractivity contribution in [3.05, 3.63) is 0 Å². The van der Waals surface area contributed by atoms with Gasteiger partial charge >= 0.3 is 5.97 Å². The Morgan fingerprint density at radius 2 is 0.979 bits per heavy atom. The van der Waals surface area contributed by atoms with Gasteiger partial charge in [-0.15, -0.1) is 0 Å². The summed E-state index contributed by atoms with van der Waals surface area (Å²) < 4.78 is 34.4. The van der Waals surface area contributed by atoms with Crippen molar-refractivity contribution in [1.82, 2.24) is 0 Å². The third-order valence-electron chi connectivity index (χ3n) is 8.66. The number of phosphoric ester groups is 1. The summed E-state index contributed by atoms with van der Waals surface area (Å²) in [5.74, 6) is -0.334. The molecule has 0 bridgehead atoms. The minimum atomic E-state index is -4.51. The predicted molar refractivity (Wildman–Crippen MR) is 194 cm³/mol. The van der Waals surface area contributed by atoms with Crippen LogP contribution in [0.5, 0.6) is 0 Å². The number of hydrogen-bond donors (Lipinski definition) is 0. The Morgan fingerprint density at radius 1 is 0.574 bits per heavy atom. The van der Waals surface area contributed by atoms with E-state index in [1.807, 2.05) is 21.1 Å². The van der Waals surface area contributed by atoms with Crippen LogP contribution in [0, 0.1) is 0 Å². The molecule has 0 amide bonds. The zero-order valence-electron chi connectivity index (χ0n) is 31.7. The van der Waals surface area contributed by atoms with Crippen LogP contribution in [0.25, 0.3) is 0 Å². The molecule has 0 aliphatic carbocycles. The molecule has 0 fully saturated rings. The van der Waals surface area contributed by atoms with Gasteiger partial charge < -0.3 is 27.9 Å². The van der Waals surface area contributed by atoms with Crippen molar-refractivity contribution in [3.8, 4) is 0 Å². The molecule has 0 aliphatic heterocycles. The van der Waals surface area contributed by atoms with Gasteiger partial charge in [-0.2, -0.15) is 0 Å². The predicted octanol–water partition coefficient (Wildman–Crippen LogP) is 10.3. The van der Waals surface area contributed by atoms with E-state index < -0.39 is 13.9 Å². The van der Waals surface area contributed by atoms with Crippen LogP contribution >= 0.6 is 7.82 Å². The van der Waals surface area contributed by atoms with Crippen molar-refractivity contribution >= 4 is 13.8 Å². The number of likely N-dealkylation sites (N-methyl/N-ethyl adjacent to an activating group) is 1. The lowest BCUT2D eigenvalue weighted by Crippen LogP contribution is -2.37. The highest BCUT2D eigenvalue weighted by Crippen LogP contribution is 2.38. The maximum absolute atomic E-state index is 12.5. The number of unbranched alkanes of at least 4 members (excludes halogenated alkanes) is 23. The second kappa shape index (κ2) is 32.7. The van der Waals surface area contributed by atoms with E-state index in [0.29, 0.717) is 24.1 Å². The first-order chi connectivity index (χ1) is 22.6. The van der Waals surface area contributed by atoms with Gasteiger partial charge in [-0.25, -0.2) is 0 Å². The molecule has 0 aromatic carbocycles. The smallest absolute Gasteiger partial charge is 0.306 e. The molecule has 9 heteroatoms. The summed E-state index contributed by atoms with van der Waals surface area (Å²) in [6.45, 7) is 5.42. The SMILES string of the molecule is CCCCCCCCCCCCCCCCCCOCC(COP(=O)([O-])OCC[N+](C)(C)C)OC(=O)CCCCCCCCCCC. The fourth-order valence-corrected chi connectivity index (χ4v) is 6.27. The molecule has 47 heavy (non-hydrogen) atoms. The number of carbonyl (C=O) groups is 1. The zero-order valence-corrected chi connectivity index (χ0v) is 32.6. The highest BCUT2D eigenvalue weighted by molar-refractivity contribution is 7.45. The highest BCUT2D eigenvalue weighted by Gasteiger charge is 2.20. The lowest BCUT2D eigenvalue weighted by Gasteiger charge is -2.28. The summed E-state index contributed by atoms with van der Waals surface area (Å²) in [4.78, 5) is 24.8. The molecular formula is C38H78NO7P. The van der Waals surface area contributed by atoms with Gasteiger partial charge in [0.25, 0.3) is 7.82 Å². The molecule has 0 aromatic heterocycles. The molecular weight excluding hydrogens is 613 g/mol. The van der Waals surface area contributed by atoms with Crippen LogP contribution < -0.4 is 4.89 Å². The minimum Gasteiger partial charge on any atom is -0.756 e. The summed E-state index contributed by atoms with van der Waals surface area (Å²) in [5.41, 5.74) is 0. The average Bonchev–Trinajstić information content (AvgIpc) is 3.01. The summed E-state index contributed by atoms with van der Waals surface area (Å²) in [7, 11) is 1.37. The topological polar surface area (TPSA) is 94.1 Å². The van der Waals surface area contributed by atoms with Crippen molar-refractivity contribution in [3.63, 3.8) is 0 Å². The summed E-state index contributed by atoms with van der Waals surface area (Å²) in [6, 6.07) is 0. The molecule has 2 atom stereocenters. The Balaban J connectivity index is 4.18. The Morgan fingerprint density at radius 3 is 1.40 bits per heavy atom. The standard InChI is InChI=1S/C38H78NO7P/c1-6-8-10-12-14-16-17-18-19-20-21-22-24-26-28-30-33-43-35-37(36-45-47(41,42)44-34-32-39(3,4)5)46-38(40)31-29-27-25-23-15-13-11-9-7-2/h37H,6-36H2,1-5H3. The first-order valence-electron chi connectivity index (χ1n) is 19.8. The normalized spacial score (nSPS) is 13.9. The zero-order chi connectivity index (χ0) is 34.9. The van der Waals surface area contributed by atoms with E-state index in [1.54, 1.807) is 0 Å². The van der Waals surface area contributed by atoms with E-state index in [-0.39, 0.29) is 25.8 Å². The van der Waals surface area contributed by atoms with Crippen LogP contribution in [0.4, 0.5) is 0 Å². The lowest BCUT2D eigenvalue weighted by molar-refractivity contribution is -0.870. The molecule has 0 saturated carbocycles. The maximum atomic E-state index is 12.5. The molecule has 0 radical (unpaired) electrons. The lowest BCUT2D eigenvalue weighted by atomic mass is 10.0. The Labute approximate surface area is 291 Å². The minimum absolute atomic E-state index is 0.0308. The van der Waals surface area contributed by atoms with Crippen molar-refractivity contribution < 1.29 is 37.3 Å². The molecule has 0 N–H and O–H groups in total. The van der Waals surface area contributed by atoms with Gasteiger partial charge in [-0.1, -0.05) is 162 Å². The Hall–Kier alpha value is -0.500. The molecule has 0 aliphatic rings. The maximum Gasteiger partial charge on any atom is 0.306 e. The molecule has 0 spiro atoms. The average molecular weight is 692 g/mol. The van der Waals surface area contributed by atoms with E-state index in [1.165, 1.54) is 128 Å². The second-order valence-electron chi connectivity index (χ2n) is 14.7. The molecule has 0 heterocycles. The third-order valence-corrected chi connectivity index (χ3v) is 9.62. The number of esters is 1. The fraction of sp³-hybridized carbons (Fsp3) is 0.974. The van der Waals surface area contributed by atoms with E-state index in [9.17, 15) is 14.3 Å². The molecule has 0 saturated heterocycles. The van der Waals surface area contributed by atoms with Crippen molar-refractivity contribution in [2.24, 2.45) is 0 Å². The number of phosphoric acid groups is 1. The molecule has 282 valence electrons. The molecule has 8 nitrogen and oxygen atoms in total. The van der Waals surface area contributed by atoms with Gasteiger partial charge in [0.2, 0.25) is 0 Å². The van der Waals surface area contributed by atoms with Gasteiger partial charge in [0.05, 0.1) is 34.4 Å². The van der Waals surface area contributed by atoms with Gasteiger partial charge in [0.15, 0.2) is 0 Å². The fourth-order valence-electron chi connectivity index (χ4n) is 5.55. The van der Waals surface area contributed by atoms with Crippen molar-refractivity contribution in [1.29, 1.82) is 0 Å². The van der Waals surface area contributed by atoms with Crippen molar-refractivity contribution in [2.45, 2.75) is 187 Å². The van der Waals surface area contributed by atoms with Gasteiger partial charge in [0, 0.05) is 13.0 Å². The number of ether oxygens (including phenoxy) is 2. The second-order valence-corrected chi connectivity index (χ2v) is 16.1. The summed E-state index contributed by atoms with van der Waals surface area (Å²) in [6.07, 6.45) is 31.1. The molecule has 0 rings (SSSR count). The van der Waals surface area contributed by atoms with E-state index >= 15 is 0 Å². The monoisotopic (exact) mass is 692 g/mol. The van der Waals surface area contributed by atoms with Crippen LogP contribution in [0.15, 0.2) is 0 Å². The van der Waals surface area contributed by atoms with Gasteiger partial charge in [-0.05, 0) is 12.8 Å². The van der Waals surface area contributed by atoms with Crippen LogP contribution in [0.1, 0.15) is 181 Å². The van der Waals surface area contributed by atoms with Crippen LogP contribution in [-0.4, -0.2) is 70.7 Å². The number of hydrogen-bond acceptors (Lipinski definition) is 7. The van der Waals surface area contributed by atoms with Crippen LogP contribution in [0.3, 0.4) is 0 Å². The number of quaternary nitrogens is 1. The Kier molecular flexibility index (Phi) is 32.3. The molecule has 0 aromatic rings. The van der Waals surface area contributed by atoms with Crippen LogP contribution in [-0.2, 0) is 27.9 Å². The van der Waals surface area contributed by atoms with E-state index in [2.05, 4.69) is 13.8 Å². The van der Waals surface area contributed by atoms with Crippen LogP contribution in [0.2, 0.25) is 0 Å². The largest absolute Gasteiger partial charge is 0.756 e. The quantitative estimate of drug-likeness (QED) is 0.0277. The summed E-state index contributed by atoms with van der Waals surface area (Å²) >= 11 is 0. The highest BCUT2D eigenvalue weighted by atomic mass is 31.2.